The molecule has 7 N–H and O–H groups in total. The first-order valence-electron chi connectivity index (χ1n) is 20.7. The number of carbonyl (C=O) groups is 3. The van der Waals surface area contributed by atoms with Crippen molar-refractivity contribution in [2.45, 2.75) is 169 Å². The van der Waals surface area contributed by atoms with E-state index in [0.29, 0.717) is 24.7 Å². The van der Waals surface area contributed by atoms with Gasteiger partial charge in [-0.15, -0.1) is 6.58 Å². The number of ether oxygens (including phenoxy) is 2. The Bertz CT molecular complexity index is 1400. The van der Waals surface area contributed by atoms with Gasteiger partial charge in [-0.1, -0.05) is 72.9 Å². The lowest BCUT2D eigenvalue weighted by Gasteiger charge is -2.47. The molecule has 55 heavy (non-hydrogen) atoms. The van der Waals surface area contributed by atoms with Crippen molar-refractivity contribution in [1.82, 2.24) is 5.32 Å². The van der Waals surface area contributed by atoms with E-state index in [1.54, 1.807) is 12.1 Å². The van der Waals surface area contributed by atoms with Crippen molar-refractivity contribution in [2.24, 2.45) is 40.7 Å². The van der Waals surface area contributed by atoms with Gasteiger partial charge in [0.1, 0.15) is 11.9 Å². The lowest BCUT2D eigenvalue weighted by atomic mass is 9.59. The van der Waals surface area contributed by atoms with Gasteiger partial charge in [-0.05, 0) is 118 Å². The molecule has 0 aliphatic heterocycles. The van der Waals surface area contributed by atoms with Crippen LogP contribution in [0.2, 0.25) is 0 Å². The average molecular weight is 775 g/mol. The number of phenols is 1. The smallest absolute Gasteiger partial charge is 0.338 e. The number of phenolic OH excluding ortho intramolecular Hbond substituents is 1. The van der Waals surface area contributed by atoms with Gasteiger partial charge in [0.25, 0.3) is 5.91 Å². The zero-order chi connectivity index (χ0) is 41.8. The second-order valence-electron chi connectivity index (χ2n) is 16.7. The molecule has 0 spiro atoms. The summed E-state index contributed by atoms with van der Waals surface area (Å²) in [6.07, 6.45) is 2.22. The average Bonchev–Trinajstić information content (AvgIpc) is 3.47. The fourth-order valence-corrected chi connectivity index (χ4v) is 9.34. The summed E-state index contributed by atoms with van der Waals surface area (Å²) in [4.78, 5) is 37.5. The predicted octanol–water partition coefficient (Wildman–Crippen LogP) is 6.46. The number of aliphatic hydroxyl groups is 3. The molecule has 0 saturated heterocycles. The Balaban J connectivity index is 0.000000638. The van der Waals surface area contributed by atoms with Crippen LogP contribution in [0.25, 0.3) is 0 Å². The summed E-state index contributed by atoms with van der Waals surface area (Å²) in [5.74, 6) is -1.13. The number of hydrogen-bond donors (Lipinski definition) is 6. The number of nitrogens with one attached hydrogen (secondary N) is 1. The van der Waals surface area contributed by atoms with Crippen molar-refractivity contribution in [2.75, 3.05) is 7.11 Å². The summed E-state index contributed by atoms with van der Waals surface area (Å²) in [7, 11) is 1.40. The van der Waals surface area contributed by atoms with E-state index in [2.05, 4.69) is 53.4 Å². The molecule has 2 amide bonds. The van der Waals surface area contributed by atoms with Crippen molar-refractivity contribution in [3.8, 4) is 5.75 Å². The van der Waals surface area contributed by atoms with Crippen LogP contribution in [0.4, 0.5) is 0 Å². The van der Waals surface area contributed by atoms with E-state index in [4.69, 9.17) is 15.2 Å². The van der Waals surface area contributed by atoms with Crippen LogP contribution >= 0.6 is 0 Å². The van der Waals surface area contributed by atoms with Gasteiger partial charge < -0.3 is 41.0 Å². The molecular formula is C44H74N2O9. The number of hydrogen-bond acceptors (Lipinski definition) is 9. The van der Waals surface area contributed by atoms with Crippen LogP contribution in [-0.2, 0) is 23.9 Å². The Morgan fingerprint density at radius 1 is 1.04 bits per heavy atom. The fraction of sp³-hybridized carbons (Fsp3) is 0.750. The van der Waals surface area contributed by atoms with E-state index < -0.39 is 60.3 Å². The quantitative estimate of drug-likeness (QED) is 0.0911. The zero-order valence-electron chi connectivity index (χ0n) is 35.3. The fourth-order valence-electron chi connectivity index (χ4n) is 9.34. The third-order valence-corrected chi connectivity index (χ3v) is 13.0. The molecule has 3 saturated carbocycles. The molecule has 11 nitrogen and oxygen atoms in total. The molecule has 0 aromatic heterocycles. The van der Waals surface area contributed by atoms with E-state index in [1.165, 1.54) is 43.9 Å². The van der Waals surface area contributed by atoms with Gasteiger partial charge >= 0.3 is 5.97 Å². The predicted molar refractivity (Wildman–Crippen MR) is 216 cm³/mol. The van der Waals surface area contributed by atoms with Gasteiger partial charge in [0.05, 0.1) is 24.2 Å². The molecule has 1 aromatic rings. The number of nitrogens with two attached hydrogens (primary N) is 1. The molecule has 13 unspecified atom stereocenters. The number of esters is 1. The summed E-state index contributed by atoms with van der Waals surface area (Å²) in [6.45, 7) is 23.4. The van der Waals surface area contributed by atoms with Crippen LogP contribution < -0.4 is 11.1 Å². The number of methoxy groups -OCH3 is 1. The van der Waals surface area contributed by atoms with Crippen LogP contribution in [0.5, 0.6) is 5.75 Å². The Morgan fingerprint density at radius 3 is 2.24 bits per heavy atom. The molecule has 1 aromatic carbocycles. The zero-order valence-corrected chi connectivity index (χ0v) is 35.3. The van der Waals surface area contributed by atoms with Crippen molar-refractivity contribution >= 4 is 17.8 Å². The Kier molecular flexibility index (Phi) is 19.3. The number of amides is 2. The highest BCUT2D eigenvalue weighted by atomic mass is 16.6. The molecule has 314 valence electrons. The number of allylic oxidation sites excluding steroid dienone is 1. The summed E-state index contributed by atoms with van der Waals surface area (Å²) >= 11 is 0. The number of aryl methyl sites for hydroxylation is 1. The Hall–Kier alpha value is -2.99. The van der Waals surface area contributed by atoms with Crippen LogP contribution in [0.15, 0.2) is 30.4 Å². The topological polar surface area (TPSA) is 189 Å². The van der Waals surface area contributed by atoms with E-state index >= 15 is 0 Å². The first kappa shape index (κ1) is 48.2. The number of aliphatic hydroxyl groups excluding tert-OH is 3. The molecular weight excluding hydrogens is 700 g/mol. The van der Waals surface area contributed by atoms with E-state index in [1.807, 2.05) is 26.8 Å². The molecule has 3 aliphatic rings. The molecule has 11 heteroatoms. The molecule has 0 radical (unpaired) electrons. The largest absolute Gasteiger partial charge is 0.508 e. The standard InChI is InChI=1S/C30H44N2O9.C12H24.C2H6/c1-14-13-16(33)5-6-17(14)18-11-12-30(3)19(15(18)2)7-10-22(30)41-29(39)26(36)25(35)28(38)32-20-8-9-21(40-4)23(24(20)34)27(31)37;1-6-7-11(4)12(5)9-8-10(2)3;1-2/h5-6,13,15,18-26,33-36H,7-12H2,1-4H3,(H2,31,37)(H,32,38);11-12H,2,6-9H2,1,3-5H3;1-2H3. The summed E-state index contributed by atoms with van der Waals surface area (Å²) < 4.78 is 11.0. The maximum absolute atomic E-state index is 12.9. The van der Waals surface area contributed by atoms with Gasteiger partial charge in [0.15, 0.2) is 12.2 Å². The van der Waals surface area contributed by atoms with Gasteiger partial charge in [-0.2, -0.15) is 0 Å². The number of carbonyl (C=O) groups excluding carboxylic acids is 3. The van der Waals surface area contributed by atoms with E-state index in [0.717, 1.165) is 36.7 Å². The highest BCUT2D eigenvalue weighted by Gasteiger charge is 2.55. The van der Waals surface area contributed by atoms with Gasteiger partial charge in [-0.3, -0.25) is 9.59 Å². The number of rotatable bonds is 14. The monoisotopic (exact) mass is 775 g/mol. The van der Waals surface area contributed by atoms with Crippen LogP contribution in [0.1, 0.15) is 137 Å². The van der Waals surface area contributed by atoms with Gasteiger partial charge in [0.2, 0.25) is 5.91 Å². The maximum Gasteiger partial charge on any atom is 0.338 e. The Morgan fingerprint density at radius 2 is 1.67 bits per heavy atom. The van der Waals surface area contributed by atoms with Gasteiger partial charge in [-0.25, -0.2) is 4.79 Å². The molecule has 4 rings (SSSR count). The third-order valence-electron chi connectivity index (χ3n) is 13.0. The molecule has 0 heterocycles. The minimum Gasteiger partial charge on any atom is -0.508 e. The second-order valence-corrected chi connectivity index (χ2v) is 16.7. The van der Waals surface area contributed by atoms with Crippen LogP contribution in [-0.4, -0.2) is 81.9 Å². The Labute approximate surface area is 330 Å². The highest BCUT2D eigenvalue weighted by molar-refractivity contribution is 5.88. The van der Waals surface area contributed by atoms with E-state index in [9.17, 15) is 34.8 Å². The number of fused-ring (bicyclic) bond motifs is 1. The maximum atomic E-state index is 12.9. The summed E-state index contributed by atoms with van der Waals surface area (Å²) in [5, 5.41) is 43.9. The van der Waals surface area contributed by atoms with Crippen LogP contribution in [0.3, 0.4) is 0 Å². The number of benzene rings is 1. The first-order valence-corrected chi connectivity index (χ1v) is 20.7. The van der Waals surface area contributed by atoms with Crippen molar-refractivity contribution in [3.63, 3.8) is 0 Å². The normalized spacial score (nSPS) is 30.8. The SMILES string of the molecule is C=C(C)CCC(C)C(C)CCC.CC.COC1CCC(NC(=O)C(O)C(O)C(=O)OC2CCC3C(C)C(c4ccc(O)cc4C)CCC23C)C(O)C1C(N)=O. The number of primary amides is 1. The lowest BCUT2D eigenvalue weighted by molar-refractivity contribution is -0.175. The number of aromatic hydroxyl groups is 1. The van der Waals surface area contributed by atoms with Crippen molar-refractivity contribution in [3.05, 3.63) is 41.5 Å². The molecule has 3 aliphatic carbocycles. The third kappa shape index (κ3) is 12.3. The minimum absolute atomic E-state index is 0.242. The van der Waals surface area contributed by atoms with Gasteiger partial charge in [0, 0.05) is 12.5 Å². The first-order chi connectivity index (χ1) is 25.9. The van der Waals surface area contributed by atoms with Crippen LogP contribution in [0, 0.1) is 41.9 Å². The highest BCUT2D eigenvalue weighted by Crippen LogP contribution is 2.59. The molecule has 13 atom stereocenters. The van der Waals surface area contributed by atoms with E-state index in [-0.39, 0.29) is 23.5 Å². The minimum atomic E-state index is -2.13. The lowest BCUT2D eigenvalue weighted by Crippen LogP contribution is -2.59. The van der Waals surface area contributed by atoms with Crippen molar-refractivity contribution < 1.29 is 44.3 Å². The molecule has 3 fully saturated rings. The molecule has 0 bridgehead atoms. The van der Waals surface area contributed by atoms with Crippen molar-refractivity contribution in [1.29, 1.82) is 0 Å². The second kappa shape index (κ2) is 22.1. The summed E-state index contributed by atoms with van der Waals surface area (Å²) in [5.41, 5.74) is 8.67. The summed E-state index contributed by atoms with van der Waals surface area (Å²) in [6, 6.07) is 4.55.